The van der Waals surface area contributed by atoms with Crippen LogP contribution in [0.25, 0.3) is 0 Å². The molecule has 1 atom stereocenters. The van der Waals surface area contributed by atoms with Crippen molar-refractivity contribution in [1.29, 1.82) is 0 Å². The van der Waals surface area contributed by atoms with Gasteiger partial charge in [-0.2, -0.15) is 0 Å². The maximum atomic E-state index is 11.7. The van der Waals surface area contributed by atoms with E-state index in [4.69, 9.17) is 4.74 Å². The Morgan fingerprint density at radius 3 is 2.00 bits per heavy atom. The van der Waals surface area contributed by atoms with Gasteiger partial charge in [0, 0.05) is 20.5 Å². The molecular formula is C13H23NO5. The lowest BCUT2D eigenvalue weighted by Crippen LogP contribution is -2.31. The average Bonchev–Trinajstić information content (AvgIpc) is 2.24. The minimum atomic E-state index is -0.810. The molecule has 110 valence electrons. The quantitative estimate of drug-likeness (QED) is 0.698. The first-order chi connectivity index (χ1) is 8.56. The first kappa shape index (κ1) is 17.4. The summed E-state index contributed by atoms with van der Waals surface area (Å²) in [4.78, 5) is 36.2. The van der Waals surface area contributed by atoms with Gasteiger partial charge >= 0.3 is 11.9 Å². The molecule has 0 aliphatic heterocycles. The molecule has 0 radical (unpaired) electrons. The fourth-order valence-electron chi connectivity index (χ4n) is 1.38. The molecule has 0 aliphatic rings. The third-order valence-electron chi connectivity index (χ3n) is 2.29. The summed E-state index contributed by atoms with van der Waals surface area (Å²) in [5.41, 5.74) is -0.622. The van der Waals surface area contributed by atoms with E-state index in [1.54, 1.807) is 34.9 Å². The second-order valence-corrected chi connectivity index (χ2v) is 5.50. The van der Waals surface area contributed by atoms with Crippen molar-refractivity contribution in [2.24, 2.45) is 5.92 Å². The zero-order chi connectivity index (χ0) is 15.2. The Morgan fingerprint density at radius 1 is 1.11 bits per heavy atom. The maximum absolute atomic E-state index is 11.7. The van der Waals surface area contributed by atoms with Crippen LogP contribution in [0.1, 0.15) is 33.6 Å². The van der Waals surface area contributed by atoms with E-state index >= 15 is 0 Å². The number of methoxy groups -OCH3 is 1. The highest BCUT2D eigenvalue weighted by molar-refractivity contribution is 5.86. The third kappa shape index (κ3) is 7.43. The van der Waals surface area contributed by atoms with E-state index in [0.717, 1.165) is 0 Å². The van der Waals surface area contributed by atoms with Crippen molar-refractivity contribution in [1.82, 2.24) is 4.90 Å². The Hall–Kier alpha value is -1.59. The number of carbonyl (C=O) groups is 3. The smallest absolute Gasteiger partial charge is 0.309 e. The van der Waals surface area contributed by atoms with Crippen LogP contribution in [0.2, 0.25) is 0 Å². The average molecular weight is 273 g/mol. The predicted molar refractivity (Wildman–Crippen MR) is 69.3 cm³/mol. The van der Waals surface area contributed by atoms with Crippen LogP contribution in [0, 0.1) is 5.92 Å². The molecule has 0 aromatic heterocycles. The van der Waals surface area contributed by atoms with Gasteiger partial charge in [-0.15, -0.1) is 0 Å². The molecule has 0 rings (SSSR count). The Balaban J connectivity index is 4.65. The standard InChI is InChI=1S/C13H23NO5/c1-13(2,3)19-11(16)8-9(12(17)18-6)7-10(15)14(4)5/h9H,7-8H2,1-6H3/t9-/m0/s1. The number of rotatable bonds is 5. The fourth-order valence-corrected chi connectivity index (χ4v) is 1.38. The molecule has 6 nitrogen and oxygen atoms in total. The molecule has 19 heavy (non-hydrogen) atoms. The number of amides is 1. The summed E-state index contributed by atoms with van der Waals surface area (Å²) in [5, 5.41) is 0. The first-order valence-electron chi connectivity index (χ1n) is 6.06. The number of carbonyl (C=O) groups excluding carboxylic acids is 3. The molecule has 0 fully saturated rings. The fraction of sp³-hybridized carbons (Fsp3) is 0.769. The Labute approximate surface area is 114 Å². The first-order valence-corrected chi connectivity index (χ1v) is 6.06. The van der Waals surface area contributed by atoms with Crippen molar-refractivity contribution in [3.8, 4) is 0 Å². The van der Waals surface area contributed by atoms with E-state index in [0.29, 0.717) is 0 Å². The molecule has 1 amide bonds. The highest BCUT2D eigenvalue weighted by Crippen LogP contribution is 2.16. The summed E-state index contributed by atoms with van der Waals surface area (Å²) in [6.45, 7) is 5.22. The summed E-state index contributed by atoms with van der Waals surface area (Å²) in [6.07, 6.45) is -0.234. The molecule has 6 heteroatoms. The molecule has 0 saturated heterocycles. The van der Waals surface area contributed by atoms with Crippen LogP contribution < -0.4 is 0 Å². The number of hydrogen-bond donors (Lipinski definition) is 0. The van der Waals surface area contributed by atoms with Gasteiger partial charge in [0.25, 0.3) is 0 Å². The van der Waals surface area contributed by atoms with E-state index in [9.17, 15) is 14.4 Å². The van der Waals surface area contributed by atoms with E-state index in [1.165, 1.54) is 12.0 Å². The summed E-state index contributed by atoms with van der Waals surface area (Å²) in [7, 11) is 4.40. The van der Waals surface area contributed by atoms with E-state index in [1.807, 2.05) is 0 Å². The predicted octanol–water partition coefficient (Wildman–Crippen LogP) is 0.986. The molecule has 0 bridgehead atoms. The van der Waals surface area contributed by atoms with Crippen LogP contribution in [0.5, 0.6) is 0 Å². The SMILES string of the molecule is COC(=O)[C@H](CC(=O)OC(C)(C)C)CC(=O)N(C)C. The molecule has 0 spiro atoms. The van der Waals surface area contributed by atoms with E-state index in [-0.39, 0.29) is 18.7 Å². The topological polar surface area (TPSA) is 72.9 Å². The highest BCUT2D eigenvalue weighted by atomic mass is 16.6. The van der Waals surface area contributed by atoms with Crippen molar-refractivity contribution in [3.05, 3.63) is 0 Å². The van der Waals surface area contributed by atoms with Gasteiger partial charge < -0.3 is 14.4 Å². The molecule has 0 N–H and O–H groups in total. The second-order valence-electron chi connectivity index (χ2n) is 5.50. The largest absolute Gasteiger partial charge is 0.469 e. The van der Waals surface area contributed by atoms with Gasteiger partial charge in [0.15, 0.2) is 0 Å². The van der Waals surface area contributed by atoms with Crippen molar-refractivity contribution < 1.29 is 23.9 Å². The van der Waals surface area contributed by atoms with Crippen LogP contribution in [-0.4, -0.2) is 49.6 Å². The molecule has 0 aromatic carbocycles. The van der Waals surface area contributed by atoms with Crippen molar-refractivity contribution in [2.75, 3.05) is 21.2 Å². The monoisotopic (exact) mass is 273 g/mol. The number of esters is 2. The third-order valence-corrected chi connectivity index (χ3v) is 2.29. The van der Waals surface area contributed by atoms with E-state index < -0.39 is 23.5 Å². The van der Waals surface area contributed by atoms with Gasteiger partial charge in [-0.05, 0) is 20.8 Å². The minimum absolute atomic E-state index is 0.0705. The zero-order valence-electron chi connectivity index (χ0n) is 12.5. The lowest BCUT2D eigenvalue weighted by molar-refractivity contribution is -0.161. The maximum Gasteiger partial charge on any atom is 0.309 e. The lowest BCUT2D eigenvalue weighted by atomic mass is 10.0. The van der Waals surface area contributed by atoms with Crippen LogP contribution in [0.15, 0.2) is 0 Å². The minimum Gasteiger partial charge on any atom is -0.469 e. The second kappa shape index (κ2) is 7.11. The summed E-state index contributed by atoms with van der Waals surface area (Å²) >= 11 is 0. The molecule has 0 saturated carbocycles. The molecule has 0 unspecified atom stereocenters. The van der Waals surface area contributed by atoms with Gasteiger partial charge in [0.2, 0.25) is 5.91 Å². The summed E-state index contributed by atoms with van der Waals surface area (Å²) in [5.74, 6) is -2.15. The van der Waals surface area contributed by atoms with Gasteiger partial charge in [-0.1, -0.05) is 0 Å². The zero-order valence-corrected chi connectivity index (χ0v) is 12.5. The lowest BCUT2D eigenvalue weighted by Gasteiger charge is -2.21. The Bertz CT molecular complexity index is 343. The highest BCUT2D eigenvalue weighted by Gasteiger charge is 2.28. The van der Waals surface area contributed by atoms with Crippen LogP contribution in [-0.2, 0) is 23.9 Å². The van der Waals surface area contributed by atoms with Crippen LogP contribution in [0.3, 0.4) is 0 Å². The molecule has 0 aliphatic carbocycles. The molecule has 0 aromatic rings. The Morgan fingerprint density at radius 2 is 1.63 bits per heavy atom. The Kier molecular flexibility index (Phi) is 6.52. The summed E-state index contributed by atoms with van der Waals surface area (Å²) < 4.78 is 9.74. The van der Waals surface area contributed by atoms with Gasteiger partial charge in [-0.25, -0.2) is 0 Å². The molecule has 0 heterocycles. The number of ether oxygens (including phenoxy) is 2. The van der Waals surface area contributed by atoms with Crippen LogP contribution in [0.4, 0.5) is 0 Å². The number of nitrogens with zero attached hydrogens (tertiary/aromatic N) is 1. The van der Waals surface area contributed by atoms with E-state index in [2.05, 4.69) is 4.74 Å². The van der Waals surface area contributed by atoms with Gasteiger partial charge in [0.1, 0.15) is 5.60 Å². The van der Waals surface area contributed by atoms with Crippen molar-refractivity contribution >= 4 is 17.8 Å². The molecular weight excluding hydrogens is 250 g/mol. The van der Waals surface area contributed by atoms with Gasteiger partial charge in [-0.3, -0.25) is 14.4 Å². The normalized spacial score (nSPS) is 12.5. The van der Waals surface area contributed by atoms with Crippen molar-refractivity contribution in [2.45, 2.75) is 39.2 Å². The number of hydrogen-bond acceptors (Lipinski definition) is 5. The van der Waals surface area contributed by atoms with Crippen molar-refractivity contribution in [3.63, 3.8) is 0 Å². The van der Waals surface area contributed by atoms with Crippen LogP contribution >= 0.6 is 0 Å². The summed E-state index contributed by atoms with van der Waals surface area (Å²) in [6, 6.07) is 0. The van der Waals surface area contributed by atoms with Gasteiger partial charge in [0.05, 0.1) is 19.4 Å².